The highest BCUT2D eigenvalue weighted by Crippen LogP contribution is 2.48. The Morgan fingerprint density at radius 3 is 2.53 bits per heavy atom. The first-order chi connectivity index (χ1) is 9.22. The molecule has 19 heavy (non-hydrogen) atoms. The van der Waals surface area contributed by atoms with Crippen molar-refractivity contribution >= 4 is 21.4 Å². The van der Waals surface area contributed by atoms with Crippen molar-refractivity contribution in [3.05, 3.63) is 34.2 Å². The van der Waals surface area contributed by atoms with E-state index in [1.54, 1.807) is 11.3 Å². The highest BCUT2D eigenvalue weighted by atomic mass is 32.1. The van der Waals surface area contributed by atoms with Crippen LogP contribution in [0.4, 0.5) is 8.78 Å². The molecule has 0 radical (unpaired) electrons. The van der Waals surface area contributed by atoms with Crippen LogP contribution in [0.3, 0.4) is 0 Å². The molecule has 2 fully saturated rings. The minimum absolute atomic E-state index is 0.564. The molecular weight excluding hydrogens is 264 g/mol. The van der Waals surface area contributed by atoms with Crippen molar-refractivity contribution in [1.29, 1.82) is 0 Å². The number of hydrogen-bond donors (Lipinski definition) is 1. The lowest BCUT2D eigenvalue weighted by molar-refractivity contribution is 0.511. The maximum Gasteiger partial charge on any atom is 0.160 e. The first-order valence-corrected chi connectivity index (χ1v) is 7.67. The standard InChI is InChI=1S/C15H15F2NS/c16-11-5-10-13(6-12(11)17)19-14(7-18-9-3-4-9)15(10)8-1-2-8/h5-6,8-9,18H,1-4,7H2. The summed E-state index contributed by atoms with van der Waals surface area (Å²) in [5.41, 5.74) is 1.27. The lowest BCUT2D eigenvalue weighted by Gasteiger charge is -2.04. The predicted molar refractivity (Wildman–Crippen MR) is 73.6 cm³/mol. The van der Waals surface area contributed by atoms with Crippen LogP contribution in [-0.4, -0.2) is 6.04 Å². The number of nitrogens with one attached hydrogen (secondary N) is 1. The van der Waals surface area contributed by atoms with Crippen LogP contribution in [0.25, 0.3) is 10.1 Å². The summed E-state index contributed by atoms with van der Waals surface area (Å²) in [6.45, 7) is 0.846. The highest BCUT2D eigenvalue weighted by Gasteiger charge is 2.31. The second-order valence-corrected chi connectivity index (χ2v) is 6.77. The maximum atomic E-state index is 13.5. The van der Waals surface area contributed by atoms with Gasteiger partial charge in [-0.3, -0.25) is 0 Å². The Balaban J connectivity index is 1.79. The van der Waals surface area contributed by atoms with Crippen LogP contribution in [-0.2, 0) is 6.54 Å². The molecule has 100 valence electrons. The van der Waals surface area contributed by atoms with E-state index in [9.17, 15) is 8.78 Å². The molecule has 0 unspecified atom stereocenters. The Labute approximate surface area is 114 Å². The summed E-state index contributed by atoms with van der Waals surface area (Å²) in [6, 6.07) is 3.39. The van der Waals surface area contributed by atoms with Gasteiger partial charge in [0.15, 0.2) is 11.6 Å². The first kappa shape index (κ1) is 11.8. The maximum absolute atomic E-state index is 13.5. The zero-order chi connectivity index (χ0) is 13.0. The van der Waals surface area contributed by atoms with Crippen LogP contribution in [0.2, 0.25) is 0 Å². The van der Waals surface area contributed by atoms with E-state index in [-0.39, 0.29) is 0 Å². The van der Waals surface area contributed by atoms with Crippen molar-refractivity contribution in [2.75, 3.05) is 0 Å². The Morgan fingerprint density at radius 1 is 1.11 bits per heavy atom. The summed E-state index contributed by atoms with van der Waals surface area (Å²) in [5.74, 6) is -0.902. The summed E-state index contributed by atoms with van der Waals surface area (Å²) in [7, 11) is 0. The topological polar surface area (TPSA) is 12.0 Å². The molecule has 0 atom stereocenters. The smallest absolute Gasteiger partial charge is 0.160 e. The number of hydrogen-bond acceptors (Lipinski definition) is 2. The van der Waals surface area contributed by atoms with Crippen molar-refractivity contribution in [1.82, 2.24) is 5.32 Å². The van der Waals surface area contributed by atoms with Crippen molar-refractivity contribution in [2.24, 2.45) is 0 Å². The second kappa shape index (κ2) is 4.25. The predicted octanol–water partition coefficient (Wildman–Crippen LogP) is 4.31. The molecule has 1 aromatic carbocycles. The summed E-state index contributed by atoms with van der Waals surface area (Å²) in [4.78, 5) is 1.27. The van der Waals surface area contributed by atoms with Crippen molar-refractivity contribution in [3.63, 3.8) is 0 Å². The highest BCUT2D eigenvalue weighted by molar-refractivity contribution is 7.19. The number of rotatable bonds is 4. The quantitative estimate of drug-likeness (QED) is 0.879. The van der Waals surface area contributed by atoms with Gasteiger partial charge in [0.25, 0.3) is 0 Å². The SMILES string of the molecule is Fc1cc2sc(CNC3CC3)c(C3CC3)c2cc1F. The first-order valence-electron chi connectivity index (χ1n) is 6.86. The molecule has 0 aliphatic heterocycles. The molecule has 0 amide bonds. The van der Waals surface area contributed by atoms with E-state index in [1.165, 1.54) is 48.3 Å². The third-order valence-corrected chi connectivity index (χ3v) is 5.13. The van der Waals surface area contributed by atoms with E-state index >= 15 is 0 Å². The summed E-state index contributed by atoms with van der Waals surface area (Å²) in [6.07, 6.45) is 4.88. The minimum Gasteiger partial charge on any atom is -0.309 e. The van der Waals surface area contributed by atoms with Crippen LogP contribution in [0.5, 0.6) is 0 Å². The fourth-order valence-electron chi connectivity index (χ4n) is 2.64. The van der Waals surface area contributed by atoms with Gasteiger partial charge in [-0.05, 0) is 54.7 Å². The lowest BCUT2D eigenvalue weighted by atomic mass is 10.1. The molecule has 0 saturated heterocycles. The van der Waals surface area contributed by atoms with Crippen LogP contribution >= 0.6 is 11.3 Å². The van der Waals surface area contributed by atoms with E-state index < -0.39 is 11.6 Å². The zero-order valence-corrected chi connectivity index (χ0v) is 11.3. The molecule has 1 nitrogen and oxygen atoms in total. The zero-order valence-electron chi connectivity index (χ0n) is 10.5. The summed E-state index contributed by atoms with van der Waals surface area (Å²) in [5, 5.41) is 4.44. The number of fused-ring (bicyclic) bond motifs is 1. The van der Waals surface area contributed by atoms with Crippen LogP contribution in [0, 0.1) is 11.6 Å². The average molecular weight is 279 g/mol. The van der Waals surface area contributed by atoms with E-state index in [0.29, 0.717) is 12.0 Å². The molecule has 4 heteroatoms. The third kappa shape index (κ3) is 2.17. The monoisotopic (exact) mass is 279 g/mol. The number of thiophene rings is 1. The van der Waals surface area contributed by atoms with Gasteiger partial charge in [-0.2, -0.15) is 0 Å². The van der Waals surface area contributed by atoms with E-state index in [2.05, 4.69) is 5.32 Å². The molecular formula is C15H15F2NS. The molecule has 1 N–H and O–H groups in total. The van der Waals surface area contributed by atoms with E-state index in [4.69, 9.17) is 0 Å². The fraction of sp³-hybridized carbons (Fsp3) is 0.467. The van der Waals surface area contributed by atoms with Crippen molar-refractivity contribution < 1.29 is 8.78 Å². The molecule has 2 aromatic rings. The van der Waals surface area contributed by atoms with Gasteiger partial charge < -0.3 is 5.32 Å². The van der Waals surface area contributed by atoms with Gasteiger partial charge in [-0.15, -0.1) is 11.3 Å². The Hall–Kier alpha value is -1.00. The Bertz CT molecular complexity index is 641. The molecule has 2 aliphatic carbocycles. The van der Waals surface area contributed by atoms with E-state index in [0.717, 1.165) is 16.6 Å². The van der Waals surface area contributed by atoms with Gasteiger partial charge in [0.2, 0.25) is 0 Å². The van der Waals surface area contributed by atoms with E-state index in [1.807, 2.05) is 0 Å². The van der Waals surface area contributed by atoms with Crippen molar-refractivity contribution in [2.45, 2.75) is 44.2 Å². The lowest BCUT2D eigenvalue weighted by Crippen LogP contribution is -2.15. The van der Waals surface area contributed by atoms with Gasteiger partial charge in [0.1, 0.15) is 0 Å². The fourth-order valence-corrected chi connectivity index (χ4v) is 3.89. The second-order valence-electron chi connectivity index (χ2n) is 5.63. The van der Waals surface area contributed by atoms with Crippen LogP contribution in [0.15, 0.2) is 12.1 Å². The third-order valence-electron chi connectivity index (χ3n) is 3.96. The molecule has 0 bridgehead atoms. The Morgan fingerprint density at radius 2 is 1.84 bits per heavy atom. The van der Waals surface area contributed by atoms with Gasteiger partial charge in [-0.25, -0.2) is 8.78 Å². The molecule has 2 saturated carbocycles. The minimum atomic E-state index is -0.738. The molecule has 1 heterocycles. The largest absolute Gasteiger partial charge is 0.309 e. The van der Waals surface area contributed by atoms with Gasteiger partial charge >= 0.3 is 0 Å². The Kier molecular flexibility index (Phi) is 2.64. The van der Waals surface area contributed by atoms with Crippen LogP contribution < -0.4 is 5.32 Å². The molecule has 0 spiro atoms. The molecule has 2 aliphatic rings. The van der Waals surface area contributed by atoms with Gasteiger partial charge in [-0.1, -0.05) is 0 Å². The van der Waals surface area contributed by atoms with Gasteiger partial charge in [0, 0.05) is 22.2 Å². The van der Waals surface area contributed by atoms with Crippen LogP contribution in [0.1, 0.15) is 42.0 Å². The summed E-state index contributed by atoms with van der Waals surface area (Å²) >= 11 is 1.62. The average Bonchev–Trinajstić information content (AvgIpc) is 3.27. The van der Waals surface area contributed by atoms with Crippen molar-refractivity contribution in [3.8, 4) is 0 Å². The van der Waals surface area contributed by atoms with Gasteiger partial charge in [0.05, 0.1) is 0 Å². The normalized spacial score (nSPS) is 19.3. The number of halogens is 2. The molecule has 1 aromatic heterocycles. The number of benzene rings is 1. The molecule has 4 rings (SSSR count). The summed E-state index contributed by atoms with van der Waals surface area (Å²) < 4.78 is 27.7.